The maximum Gasteiger partial charge on any atom is 0.264 e. The number of hydrogen-bond donors (Lipinski definition) is 0. The monoisotopic (exact) mass is 704 g/mol. The number of nitrogens with zero attached hydrogens (tertiary/aromatic N) is 2. The first-order chi connectivity index (χ1) is 24.9. The van der Waals surface area contributed by atoms with Gasteiger partial charge in [0.25, 0.3) is 6.71 Å². The minimum atomic E-state index is -0.0165. The summed E-state index contributed by atoms with van der Waals surface area (Å²) in [5, 5.41) is 1.29. The smallest absolute Gasteiger partial charge is 0.264 e. The van der Waals surface area contributed by atoms with Crippen molar-refractivity contribution in [1.29, 1.82) is 0 Å². The average molecular weight is 705 g/mol. The zero-order chi connectivity index (χ0) is 35.8. The van der Waals surface area contributed by atoms with Crippen molar-refractivity contribution >= 4 is 78.0 Å². The molecule has 0 fully saturated rings. The molecule has 5 aromatic carbocycles. The van der Waals surface area contributed by atoms with Gasteiger partial charge in [-0.25, -0.2) is 0 Å². The Bertz CT molecular complexity index is 2480. The van der Waals surface area contributed by atoms with E-state index >= 15 is 0 Å². The van der Waals surface area contributed by atoms with E-state index in [0.29, 0.717) is 0 Å². The average Bonchev–Trinajstić information content (AvgIpc) is 3.85. The van der Waals surface area contributed by atoms with Crippen LogP contribution in [0.3, 0.4) is 0 Å². The molecule has 0 saturated carbocycles. The van der Waals surface area contributed by atoms with Crippen molar-refractivity contribution in [3.8, 4) is 23.0 Å². The molecule has 8 heteroatoms. The molecule has 5 heterocycles. The third kappa shape index (κ3) is 4.49. The normalized spacial score (nSPS) is 15.3. The SMILES string of the molecule is Cc1cc(C(C)(C)C)cc(C)c1N1c2cccc3c2B(c2cc4c(cc2N3c2ccc3c(c2)OCO3)OCO4)c2sc3ccc(C(C)(C)C)cc3c21. The molecule has 6 aromatic rings. The second kappa shape index (κ2) is 10.7. The van der Waals surface area contributed by atoms with Gasteiger partial charge in [0.1, 0.15) is 0 Å². The number of benzene rings is 5. The third-order valence-corrected chi connectivity index (χ3v) is 12.4. The topological polar surface area (TPSA) is 43.4 Å². The summed E-state index contributed by atoms with van der Waals surface area (Å²) in [6, 6.07) is 29.3. The molecule has 52 heavy (non-hydrogen) atoms. The van der Waals surface area contributed by atoms with Crippen LogP contribution in [0.4, 0.5) is 34.1 Å². The van der Waals surface area contributed by atoms with Crippen LogP contribution >= 0.6 is 11.3 Å². The summed E-state index contributed by atoms with van der Waals surface area (Å²) in [6.45, 7) is 18.8. The van der Waals surface area contributed by atoms with E-state index in [1.807, 2.05) is 17.4 Å². The molecule has 6 nitrogen and oxygen atoms in total. The first-order valence-electron chi connectivity index (χ1n) is 18.1. The second-order valence-electron chi connectivity index (χ2n) is 16.6. The number of aryl methyl sites for hydroxylation is 2. The van der Waals surface area contributed by atoms with Gasteiger partial charge in [-0.1, -0.05) is 65.8 Å². The highest BCUT2D eigenvalue weighted by Crippen LogP contribution is 2.52. The highest BCUT2D eigenvalue weighted by molar-refractivity contribution is 7.33. The number of ether oxygens (including phenoxy) is 4. The largest absolute Gasteiger partial charge is 0.454 e. The molecule has 0 bridgehead atoms. The number of thiophene rings is 1. The van der Waals surface area contributed by atoms with Gasteiger partial charge < -0.3 is 28.7 Å². The fourth-order valence-electron chi connectivity index (χ4n) is 8.55. The van der Waals surface area contributed by atoms with Crippen molar-refractivity contribution < 1.29 is 18.9 Å². The molecule has 0 amide bonds. The van der Waals surface area contributed by atoms with Crippen molar-refractivity contribution in [1.82, 2.24) is 0 Å². The molecule has 0 saturated heterocycles. The molecule has 260 valence electrons. The van der Waals surface area contributed by atoms with Crippen LogP contribution in [-0.4, -0.2) is 20.3 Å². The fourth-order valence-corrected chi connectivity index (χ4v) is 9.85. The van der Waals surface area contributed by atoms with Crippen molar-refractivity contribution in [2.24, 2.45) is 0 Å². The summed E-state index contributed by atoms with van der Waals surface area (Å²) in [5.41, 5.74) is 14.7. The lowest BCUT2D eigenvalue weighted by atomic mass is 9.36. The Morgan fingerprint density at radius 2 is 1.23 bits per heavy atom. The Balaban J connectivity index is 1.31. The van der Waals surface area contributed by atoms with E-state index in [-0.39, 0.29) is 31.1 Å². The molecule has 0 unspecified atom stereocenters. The van der Waals surface area contributed by atoms with Crippen LogP contribution in [0.15, 0.2) is 78.9 Å². The van der Waals surface area contributed by atoms with Crippen LogP contribution in [0.1, 0.15) is 63.8 Å². The first kappa shape index (κ1) is 31.6. The van der Waals surface area contributed by atoms with Gasteiger partial charge in [-0.05, 0) is 100 Å². The maximum atomic E-state index is 6.07. The molecular weight excluding hydrogens is 663 g/mol. The number of hydrogen-bond acceptors (Lipinski definition) is 7. The molecule has 0 spiro atoms. The van der Waals surface area contributed by atoms with Gasteiger partial charge in [0.15, 0.2) is 23.0 Å². The van der Waals surface area contributed by atoms with Gasteiger partial charge in [0, 0.05) is 44.1 Å². The summed E-state index contributed by atoms with van der Waals surface area (Å²) in [5.74, 6) is 3.06. The summed E-state index contributed by atoms with van der Waals surface area (Å²) >= 11 is 1.92. The first-order valence-corrected chi connectivity index (χ1v) is 18.9. The highest BCUT2D eigenvalue weighted by Gasteiger charge is 2.46. The molecule has 0 N–H and O–H groups in total. The van der Waals surface area contributed by atoms with Gasteiger partial charge in [-0.15, -0.1) is 11.3 Å². The quantitative estimate of drug-likeness (QED) is 0.167. The summed E-state index contributed by atoms with van der Waals surface area (Å²) in [7, 11) is 0. The molecule has 1 aromatic heterocycles. The predicted octanol–water partition coefficient (Wildman–Crippen LogP) is 9.65. The van der Waals surface area contributed by atoms with Gasteiger partial charge in [-0.2, -0.15) is 0 Å². The Labute approximate surface area is 309 Å². The molecule has 0 atom stereocenters. The van der Waals surface area contributed by atoms with Crippen molar-refractivity contribution in [2.75, 3.05) is 23.4 Å². The molecular formula is C44H41BN2O4S. The van der Waals surface area contributed by atoms with Crippen LogP contribution in [-0.2, 0) is 10.8 Å². The number of anilines is 6. The van der Waals surface area contributed by atoms with Gasteiger partial charge in [-0.3, -0.25) is 0 Å². The summed E-state index contributed by atoms with van der Waals surface area (Å²) < 4.78 is 26.4. The summed E-state index contributed by atoms with van der Waals surface area (Å²) in [6.07, 6.45) is 0. The van der Waals surface area contributed by atoms with Crippen molar-refractivity contribution in [3.05, 3.63) is 101 Å². The third-order valence-electron chi connectivity index (χ3n) is 11.1. The van der Waals surface area contributed by atoms with E-state index in [9.17, 15) is 0 Å². The standard InChI is InChI=1S/C44H41BN2O4S/c1-24-16-27(44(6,7)8)17-25(2)40(24)47-32-11-9-10-31-39(32)45(42-41(47)29-18-26(43(3,4)5)12-15-38(29)52-42)30-20-36-37(51-23-50-36)21-33(30)46(31)28-13-14-34-35(19-28)49-22-48-34/h9-21H,22-23H2,1-8H3. The molecule has 10 rings (SSSR count). The van der Waals surface area contributed by atoms with Crippen LogP contribution in [0.5, 0.6) is 23.0 Å². The van der Waals surface area contributed by atoms with E-state index in [1.165, 1.54) is 65.1 Å². The van der Waals surface area contributed by atoms with Crippen molar-refractivity contribution in [2.45, 2.75) is 66.2 Å². The van der Waals surface area contributed by atoms with Crippen LogP contribution in [0.25, 0.3) is 10.1 Å². The van der Waals surface area contributed by atoms with Gasteiger partial charge in [0.05, 0.1) is 17.1 Å². The van der Waals surface area contributed by atoms with Gasteiger partial charge in [0.2, 0.25) is 13.6 Å². The highest BCUT2D eigenvalue weighted by atomic mass is 32.1. The molecule has 4 aliphatic heterocycles. The lowest BCUT2D eigenvalue weighted by Gasteiger charge is -2.43. The van der Waals surface area contributed by atoms with Crippen LogP contribution in [0, 0.1) is 13.8 Å². The predicted molar refractivity (Wildman–Crippen MR) is 215 cm³/mol. The Hall–Kier alpha value is -5.08. The van der Waals surface area contributed by atoms with E-state index < -0.39 is 0 Å². The van der Waals surface area contributed by atoms with E-state index in [1.54, 1.807) is 0 Å². The molecule has 4 aliphatic rings. The number of rotatable bonds is 2. The number of fused-ring (bicyclic) bond motifs is 8. The lowest BCUT2D eigenvalue weighted by molar-refractivity contribution is 0.173. The van der Waals surface area contributed by atoms with Crippen molar-refractivity contribution in [3.63, 3.8) is 0 Å². The van der Waals surface area contributed by atoms with Crippen LogP contribution < -0.4 is 44.4 Å². The minimum Gasteiger partial charge on any atom is -0.454 e. The van der Waals surface area contributed by atoms with E-state index in [4.69, 9.17) is 18.9 Å². The second-order valence-corrected chi connectivity index (χ2v) is 17.7. The zero-order valence-corrected chi connectivity index (χ0v) is 31.7. The molecule has 0 aliphatic carbocycles. The Morgan fingerprint density at radius 1 is 0.596 bits per heavy atom. The van der Waals surface area contributed by atoms with Gasteiger partial charge >= 0.3 is 0 Å². The fraction of sp³-hybridized carbons (Fsp3) is 0.273. The minimum absolute atomic E-state index is 0.00816. The molecule has 0 radical (unpaired) electrons. The lowest BCUT2D eigenvalue weighted by Crippen LogP contribution is -2.60. The maximum absolute atomic E-state index is 6.07. The Morgan fingerprint density at radius 3 is 1.92 bits per heavy atom. The van der Waals surface area contributed by atoms with E-state index in [2.05, 4.69) is 138 Å². The zero-order valence-electron chi connectivity index (χ0n) is 30.9. The Kier molecular flexibility index (Phi) is 6.53. The van der Waals surface area contributed by atoms with E-state index in [0.717, 1.165) is 40.1 Å². The summed E-state index contributed by atoms with van der Waals surface area (Å²) in [4.78, 5) is 4.95. The van der Waals surface area contributed by atoms with Crippen LogP contribution in [0.2, 0.25) is 0 Å².